The summed E-state index contributed by atoms with van der Waals surface area (Å²) in [5.41, 5.74) is 1.02. The molecule has 0 radical (unpaired) electrons. The fraction of sp³-hybridized carbons (Fsp3) is 0. The zero-order valence-corrected chi connectivity index (χ0v) is 13.0. The molecule has 12 heteroatoms. The number of nitrogens with one attached hydrogen (secondary N) is 3. The second kappa shape index (κ2) is 6.54. The fourth-order valence-electron chi connectivity index (χ4n) is 1.80. The number of hydrogen-bond donors (Lipinski definition) is 3. The van der Waals surface area contributed by atoms with Crippen molar-refractivity contribution in [2.45, 2.75) is 0 Å². The molecule has 3 aromatic rings. The van der Waals surface area contributed by atoms with Crippen LogP contribution >= 0.6 is 11.5 Å². The van der Waals surface area contributed by atoms with E-state index in [1.165, 1.54) is 23.6 Å². The Bertz CT molecular complexity index is 899. The molecule has 0 aliphatic carbocycles. The van der Waals surface area contributed by atoms with E-state index in [-0.39, 0.29) is 28.9 Å². The van der Waals surface area contributed by atoms with Crippen molar-refractivity contribution in [3.05, 3.63) is 40.8 Å². The minimum Gasteiger partial charge on any atom is -0.339 e. The number of rotatable bonds is 4. The molecule has 0 fully saturated rings. The second-order valence-corrected chi connectivity index (χ2v) is 5.28. The third kappa shape index (κ3) is 3.27. The molecule has 0 bridgehead atoms. The lowest BCUT2D eigenvalue weighted by atomic mass is 9.95. The lowest BCUT2D eigenvalue weighted by molar-refractivity contribution is 0.102. The number of halogens is 1. The number of nitrogens with zero attached hydrogens (tertiary/aromatic N) is 4. The van der Waals surface area contributed by atoms with Crippen LogP contribution in [-0.2, 0) is 0 Å². The van der Waals surface area contributed by atoms with Gasteiger partial charge >= 0.3 is 0 Å². The van der Waals surface area contributed by atoms with Crippen molar-refractivity contribution in [3.63, 3.8) is 0 Å². The first-order valence-corrected chi connectivity index (χ1v) is 7.41. The normalized spacial score (nSPS) is 10.4. The lowest BCUT2D eigenvalue weighted by Crippen LogP contribution is -2.19. The minimum atomic E-state index is -0.550. The predicted octanol–water partition coefficient (Wildman–Crippen LogP) is 0.00837. The van der Waals surface area contributed by atoms with Gasteiger partial charge in [-0.3, -0.25) is 10.2 Å². The van der Waals surface area contributed by atoms with Gasteiger partial charge in [0.05, 0.1) is 0 Å². The molecule has 120 valence electrons. The molecule has 3 rings (SSSR count). The van der Waals surface area contributed by atoms with E-state index >= 15 is 0 Å². The van der Waals surface area contributed by atoms with Gasteiger partial charge in [-0.15, -0.1) is 5.10 Å². The molecule has 1 amide bonds. The first-order chi connectivity index (χ1) is 11.5. The average molecular weight is 345 g/mol. The SMILES string of the molecule is Bc1cc(NC(=N)c2nonc2NC(=O)c2csnn2)ccc1F. The summed E-state index contributed by atoms with van der Waals surface area (Å²) in [7, 11) is 1.61. The first-order valence-electron chi connectivity index (χ1n) is 6.57. The van der Waals surface area contributed by atoms with E-state index in [1.54, 1.807) is 7.85 Å². The minimum absolute atomic E-state index is 0.00600. The number of carbonyl (C=O) groups is 1. The number of amidine groups is 1. The molecule has 2 heterocycles. The monoisotopic (exact) mass is 345 g/mol. The smallest absolute Gasteiger partial charge is 0.278 e. The Kier molecular flexibility index (Phi) is 4.29. The molecule has 0 aliphatic rings. The Labute approximate surface area is 139 Å². The molecule has 24 heavy (non-hydrogen) atoms. The number of benzene rings is 1. The number of anilines is 2. The van der Waals surface area contributed by atoms with E-state index in [9.17, 15) is 9.18 Å². The topological polar surface area (TPSA) is 130 Å². The summed E-state index contributed by atoms with van der Waals surface area (Å²) in [6, 6.07) is 4.30. The van der Waals surface area contributed by atoms with Crippen LogP contribution in [0.3, 0.4) is 0 Å². The summed E-state index contributed by atoms with van der Waals surface area (Å²) in [4.78, 5) is 11.9. The van der Waals surface area contributed by atoms with Crippen molar-refractivity contribution in [1.29, 1.82) is 5.41 Å². The van der Waals surface area contributed by atoms with Crippen LogP contribution in [-0.4, -0.2) is 39.5 Å². The zero-order chi connectivity index (χ0) is 17.1. The van der Waals surface area contributed by atoms with Gasteiger partial charge in [0.25, 0.3) is 5.91 Å². The Morgan fingerprint density at radius 2 is 2.17 bits per heavy atom. The summed E-state index contributed by atoms with van der Waals surface area (Å²) in [5.74, 6) is -1.11. The van der Waals surface area contributed by atoms with E-state index < -0.39 is 5.91 Å². The van der Waals surface area contributed by atoms with Crippen molar-refractivity contribution >= 4 is 48.1 Å². The van der Waals surface area contributed by atoms with Crippen LogP contribution in [0.15, 0.2) is 28.2 Å². The highest BCUT2D eigenvalue weighted by atomic mass is 32.1. The van der Waals surface area contributed by atoms with Crippen LogP contribution in [0.2, 0.25) is 0 Å². The van der Waals surface area contributed by atoms with Gasteiger partial charge in [0.15, 0.2) is 17.2 Å². The average Bonchev–Trinajstić information content (AvgIpc) is 3.22. The summed E-state index contributed by atoms with van der Waals surface area (Å²) in [6.07, 6.45) is 0. The number of aromatic nitrogens is 4. The molecule has 1 aromatic carbocycles. The van der Waals surface area contributed by atoms with E-state index in [2.05, 4.69) is 35.2 Å². The number of hydrogen-bond acceptors (Lipinski definition) is 8. The summed E-state index contributed by atoms with van der Waals surface area (Å²) < 4.78 is 21.4. The van der Waals surface area contributed by atoms with E-state index in [0.717, 1.165) is 11.5 Å². The largest absolute Gasteiger partial charge is 0.339 e. The number of amides is 1. The maximum atomic E-state index is 13.3. The van der Waals surface area contributed by atoms with Crippen molar-refractivity contribution in [2.24, 2.45) is 0 Å². The molecule has 0 saturated heterocycles. The molecule has 0 unspecified atom stereocenters. The highest BCUT2D eigenvalue weighted by molar-refractivity contribution is 7.03. The molecule has 0 aliphatic heterocycles. The highest BCUT2D eigenvalue weighted by Crippen LogP contribution is 2.14. The first kappa shape index (κ1) is 15.7. The second-order valence-electron chi connectivity index (χ2n) is 4.67. The molecular formula is C12H9BFN7O2S. The summed E-state index contributed by atoms with van der Waals surface area (Å²) in [5, 5.41) is 25.4. The standard InChI is InChI=1S/C12H9BFN7O2S/c13-6-3-5(1-2-7(6)14)16-10(15)9-11(20-23-19-9)17-12(22)8-4-24-21-18-8/h1-4H,13H2,(H2,15,16)(H,17,20,22). The van der Waals surface area contributed by atoms with Crippen molar-refractivity contribution < 1.29 is 13.8 Å². The van der Waals surface area contributed by atoms with Crippen molar-refractivity contribution in [3.8, 4) is 0 Å². The third-order valence-corrected chi connectivity index (χ3v) is 3.48. The van der Waals surface area contributed by atoms with Gasteiger partial charge in [-0.2, -0.15) is 0 Å². The number of carbonyl (C=O) groups excluding carboxylic acids is 1. The fourth-order valence-corrected chi connectivity index (χ4v) is 2.23. The van der Waals surface area contributed by atoms with E-state index in [0.29, 0.717) is 11.2 Å². The molecule has 9 nitrogen and oxygen atoms in total. The van der Waals surface area contributed by atoms with Gasteiger partial charge in [-0.1, -0.05) is 9.95 Å². The Morgan fingerprint density at radius 1 is 1.33 bits per heavy atom. The molecule has 0 saturated carbocycles. The van der Waals surface area contributed by atoms with Crippen molar-refractivity contribution in [2.75, 3.05) is 10.6 Å². The van der Waals surface area contributed by atoms with Crippen LogP contribution in [0.4, 0.5) is 15.9 Å². The lowest BCUT2D eigenvalue weighted by Gasteiger charge is -2.07. The summed E-state index contributed by atoms with van der Waals surface area (Å²) in [6.45, 7) is 0. The Balaban J connectivity index is 1.75. The Hall–Kier alpha value is -3.15. The van der Waals surface area contributed by atoms with Gasteiger partial charge < -0.3 is 10.6 Å². The van der Waals surface area contributed by atoms with Crippen LogP contribution < -0.4 is 16.1 Å². The molecule has 0 spiro atoms. The van der Waals surface area contributed by atoms with E-state index in [4.69, 9.17) is 5.41 Å². The van der Waals surface area contributed by atoms with E-state index in [1.807, 2.05) is 0 Å². The highest BCUT2D eigenvalue weighted by Gasteiger charge is 2.19. The van der Waals surface area contributed by atoms with Crippen LogP contribution in [0.25, 0.3) is 0 Å². The van der Waals surface area contributed by atoms with Gasteiger partial charge in [-0.05, 0) is 40.0 Å². The van der Waals surface area contributed by atoms with Crippen LogP contribution in [0.5, 0.6) is 0 Å². The van der Waals surface area contributed by atoms with Crippen LogP contribution in [0.1, 0.15) is 16.2 Å². The molecule has 3 N–H and O–H groups in total. The van der Waals surface area contributed by atoms with Crippen molar-refractivity contribution in [1.82, 2.24) is 19.9 Å². The third-order valence-electron chi connectivity index (χ3n) is 2.98. The van der Waals surface area contributed by atoms with Gasteiger partial charge in [0, 0.05) is 11.1 Å². The summed E-state index contributed by atoms with van der Waals surface area (Å²) >= 11 is 1.03. The quantitative estimate of drug-likeness (QED) is 0.345. The van der Waals surface area contributed by atoms with Gasteiger partial charge in [0.2, 0.25) is 5.82 Å². The Morgan fingerprint density at radius 3 is 2.88 bits per heavy atom. The van der Waals surface area contributed by atoms with Gasteiger partial charge in [0.1, 0.15) is 13.7 Å². The zero-order valence-electron chi connectivity index (χ0n) is 12.2. The van der Waals surface area contributed by atoms with Gasteiger partial charge in [-0.25, -0.2) is 9.02 Å². The van der Waals surface area contributed by atoms with Crippen LogP contribution in [0, 0.1) is 11.2 Å². The molecular weight excluding hydrogens is 336 g/mol. The maximum absolute atomic E-state index is 13.3. The maximum Gasteiger partial charge on any atom is 0.278 e. The molecule has 2 aromatic heterocycles. The molecule has 0 atom stereocenters. The predicted molar refractivity (Wildman–Crippen MR) is 87.2 cm³/mol.